The van der Waals surface area contributed by atoms with Gasteiger partial charge in [0.25, 0.3) is 0 Å². The lowest BCUT2D eigenvalue weighted by atomic mass is 9.97. The van der Waals surface area contributed by atoms with Crippen LogP contribution < -0.4 is 5.32 Å². The van der Waals surface area contributed by atoms with Crippen LogP contribution in [0.2, 0.25) is 0 Å². The fourth-order valence-electron chi connectivity index (χ4n) is 4.16. The summed E-state index contributed by atoms with van der Waals surface area (Å²) in [6, 6.07) is 14.0. The minimum absolute atomic E-state index is 0.107. The molecule has 3 rings (SSSR count). The third-order valence-corrected chi connectivity index (χ3v) is 6.47. The maximum Gasteiger partial charge on any atom is 0.407 e. The molecule has 0 aromatic heterocycles. The maximum absolute atomic E-state index is 13.0. The fraction of sp³-hybridized carbons (Fsp3) is 0.423. The number of nitrogens with one attached hydrogen (secondary N) is 1. The standard InChI is InChI=1S/C26H32N2O6/c1-16(24(30)31)28(4)23(29)22(14-26(2,3)33-5)27-25(32)34-15-21-19-12-8-6-10-17(19)18-11-7-9-13-20(18)21/h6-13,16,21-22H,14-15H2,1-5H3,(H,27,32)(H,30,31)/t16-,22?/m0/s1. The van der Waals surface area contributed by atoms with Crippen LogP contribution in [-0.4, -0.2) is 66.4 Å². The summed E-state index contributed by atoms with van der Waals surface area (Å²) in [5, 5.41) is 11.9. The molecular formula is C26H32N2O6. The lowest BCUT2D eigenvalue weighted by molar-refractivity contribution is -0.149. The van der Waals surface area contributed by atoms with Crippen LogP contribution in [0.25, 0.3) is 11.1 Å². The van der Waals surface area contributed by atoms with Crippen LogP contribution in [0.3, 0.4) is 0 Å². The molecule has 2 atom stereocenters. The molecule has 2 amide bonds. The third-order valence-electron chi connectivity index (χ3n) is 6.47. The van der Waals surface area contributed by atoms with E-state index in [4.69, 9.17) is 9.47 Å². The van der Waals surface area contributed by atoms with Gasteiger partial charge in [-0.2, -0.15) is 0 Å². The summed E-state index contributed by atoms with van der Waals surface area (Å²) in [6.45, 7) is 5.09. The number of ether oxygens (including phenoxy) is 2. The van der Waals surface area contributed by atoms with Gasteiger partial charge >= 0.3 is 12.1 Å². The number of likely N-dealkylation sites (N-methyl/N-ethyl adjacent to an activating group) is 1. The second kappa shape index (κ2) is 10.3. The number of carboxylic acids is 1. The van der Waals surface area contributed by atoms with E-state index in [-0.39, 0.29) is 18.9 Å². The van der Waals surface area contributed by atoms with Gasteiger partial charge in [-0.05, 0) is 43.0 Å². The van der Waals surface area contributed by atoms with Crippen molar-refractivity contribution in [2.45, 2.75) is 50.8 Å². The summed E-state index contributed by atoms with van der Waals surface area (Å²) < 4.78 is 11.0. The van der Waals surface area contributed by atoms with Crippen molar-refractivity contribution >= 4 is 18.0 Å². The molecule has 0 heterocycles. The van der Waals surface area contributed by atoms with Gasteiger partial charge < -0.3 is 24.8 Å². The third kappa shape index (κ3) is 5.39. The molecule has 182 valence electrons. The van der Waals surface area contributed by atoms with Crippen molar-refractivity contribution < 1.29 is 29.0 Å². The zero-order valence-corrected chi connectivity index (χ0v) is 20.2. The topological polar surface area (TPSA) is 105 Å². The number of carbonyl (C=O) groups is 3. The van der Waals surface area contributed by atoms with Crippen molar-refractivity contribution in [1.29, 1.82) is 0 Å². The Morgan fingerprint density at radius 2 is 1.59 bits per heavy atom. The predicted octanol–water partition coefficient (Wildman–Crippen LogP) is 3.64. The van der Waals surface area contributed by atoms with E-state index < -0.39 is 35.7 Å². The summed E-state index contributed by atoms with van der Waals surface area (Å²) in [4.78, 5) is 38.3. The summed E-state index contributed by atoms with van der Waals surface area (Å²) in [5.74, 6) is -1.78. The SMILES string of the molecule is COC(C)(C)CC(NC(=O)OCC1c2ccccc2-c2ccccc21)C(=O)N(C)[C@@H](C)C(=O)O. The van der Waals surface area contributed by atoms with E-state index in [1.807, 2.05) is 36.4 Å². The summed E-state index contributed by atoms with van der Waals surface area (Å²) >= 11 is 0. The Balaban J connectivity index is 1.73. The highest BCUT2D eigenvalue weighted by molar-refractivity contribution is 5.89. The van der Waals surface area contributed by atoms with E-state index in [1.54, 1.807) is 13.8 Å². The summed E-state index contributed by atoms with van der Waals surface area (Å²) in [6.07, 6.45) is -0.605. The second-order valence-electron chi connectivity index (χ2n) is 9.15. The van der Waals surface area contributed by atoms with Crippen LogP contribution in [0.4, 0.5) is 4.79 Å². The highest BCUT2D eigenvalue weighted by Gasteiger charge is 2.35. The van der Waals surface area contributed by atoms with E-state index in [0.717, 1.165) is 27.2 Å². The van der Waals surface area contributed by atoms with E-state index >= 15 is 0 Å². The van der Waals surface area contributed by atoms with E-state index in [2.05, 4.69) is 17.4 Å². The Morgan fingerprint density at radius 3 is 2.09 bits per heavy atom. The number of benzene rings is 2. The molecule has 0 fully saturated rings. The number of methoxy groups -OCH3 is 1. The molecule has 0 aliphatic heterocycles. The zero-order chi connectivity index (χ0) is 25.0. The highest BCUT2D eigenvalue weighted by Crippen LogP contribution is 2.44. The van der Waals surface area contributed by atoms with Crippen molar-refractivity contribution in [2.75, 3.05) is 20.8 Å². The highest BCUT2D eigenvalue weighted by atomic mass is 16.5. The van der Waals surface area contributed by atoms with Crippen LogP contribution >= 0.6 is 0 Å². The molecule has 2 N–H and O–H groups in total. The number of aliphatic carboxylic acids is 1. The first-order chi connectivity index (χ1) is 16.1. The molecule has 1 aliphatic carbocycles. The van der Waals surface area contributed by atoms with Crippen LogP contribution in [0.1, 0.15) is 44.2 Å². The van der Waals surface area contributed by atoms with Crippen LogP contribution in [0.15, 0.2) is 48.5 Å². The smallest absolute Gasteiger partial charge is 0.407 e. The minimum atomic E-state index is -1.14. The molecule has 0 saturated carbocycles. The normalized spacial score (nSPS) is 14.5. The largest absolute Gasteiger partial charge is 0.480 e. The van der Waals surface area contributed by atoms with Crippen molar-refractivity contribution in [3.8, 4) is 11.1 Å². The maximum atomic E-state index is 13.0. The number of nitrogens with zero attached hydrogens (tertiary/aromatic N) is 1. The average molecular weight is 469 g/mol. The van der Waals surface area contributed by atoms with Crippen molar-refractivity contribution in [3.05, 3.63) is 59.7 Å². The number of fused-ring (bicyclic) bond motifs is 3. The molecule has 2 aromatic rings. The first kappa shape index (κ1) is 25.2. The Hall–Kier alpha value is -3.39. The molecule has 8 nitrogen and oxygen atoms in total. The number of hydrogen-bond donors (Lipinski definition) is 2. The number of carbonyl (C=O) groups excluding carboxylic acids is 2. The molecule has 0 saturated heterocycles. The van der Waals surface area contributed by atoms with Gasteiger partial charge in [0.15, 0.2) is 0 Å². The molecule has 0 radical (unpaired) electrons. The predicted molar refractivity (Wildman–Crippen MR) is 128 cm³/mol. The zero-order valence-electron chi connectivity index (χ0n) is 20.2. The van der Waals surface area contributed by atoms with Gasteiger partial charge in [-0.25, -0.2) is 9.59 Å². The van der Waals surface area contributed by atoms with Crippen molar-refractivity contribution in [1.82, 2.24) is 10.2 Å². The molecule has 0 spiro atoms. The Bertz CT molecular complexity index is 1020. The Morgan fingerprint density at radius 1 is 1.06 bits per heavy atom. The lowest BCUT2D eigenvalue weighted by Gasteiger charge is -2.32. The lowest BCUT2D eigenvalue weighted by Crippen LogP contribution is -2.53. The molecule has 34 heavy (non-hydrogen) atoms. The summed E-state index contributed by atoms with van der Waals surface area (Å²) in [5.41, 5.74) is 3.67. The first-order valence-corrected chi connectivity index (χ1v) is 11.2. The monoisotopic (exact) mass is 468 g/mol. The Kier molecular flexibility index (Phi) is 7.61. The molecule has 1 unspecified atom stereocenters. The van der Waals surface area contributed by atoms with E-state index in [0.29, 0.717) is 0 Å². The molecule has 0 bridgehead atoms. The average Bonchev–Trinajstić information content (AvgIpc) is 3.14. The number of hydrogen-bond acceptors (Lipinski definition) is 5. The minimum Gasteiger partial charge on any atom is -0.480 e. The molecule has 8 heteroatoms. The van der Waals surface area contributed by atoms with Crippen molar-refractivity contribution in [2.24, 2.45) is 0 Å². The molecule has 1 aliphatic rings. The van der Waals surface area contributed by atoms with E-state index in [9.17, 15) is 19.5 Å². The quantitative estimate of drug-likeness (QED) is 0.582. The van der Waals surface area contributed by atoms with Crippen molar-refractivity contribution in [3.63, 3.8) is 0 Å². The number of alkyl carbamates (subject to hydrolysis) is 1. The van der Waals surface area contributed by atoms with Gasteiger partial charge in [-0.15, -0.1) is 0 Å². The van der Waals surface area contributed by atoms with Crippen LogP contribution in [-0.2, 0) is 19.1 Å². The van der Waals surface area contributed by atoms with Gasteiger partial charge in [-0.3, -0.25) is 4.79 Å². The van der Waals surface area contributed by atoms with Gasteiger partial charge in [0.05, 0.1) is 5.60 Å². The van der Waals surface area contributed by atoms with Crippen LogP contribution in [0.5, 0.6) is 0 Å². The molecule has 2 aromatic carbocycles. The van der Waals surface area contributed by atoms with E-state index in [1.165, 1.54) is 21.1 Å². The summed E-state index contributed by atoms with van der Waals surface area (Å²) in [7, 11) is 2.91. The first-order valence-electron chi connectivity index (χ1n) is 11.2. The van der Waals surface area contributed by atoms with Crippen LogP contribution in [0, 0.1) is 0 Å². The Labute approximate surface area is 199 Å². The fourth-order valence-corrected chi connectivity index (χ4v) is 4.16. The van der Waals surface area contributed by atoms with Gasteiger partial charge in [0.1, 0.15) is 18.7 Å². The second-order valence-corrected chi connectivity index (χ2v) is 9.15. The molecular weight excluding hydrogens is 436 g/mol. The number of amides is 2. The van der Waals surface area contributed by atoms with Gasteiger partial charge in [0, 0.05) is 26.5 Å². The van der Waals surface area contributed by atoms with Gasteiger partial charge in [-0.1, -0.05) is 48.5 Å². The van der Waals surface area contributed by atoms with Gasteiger partial charge in [0.2, 0.25) is 5.91 Å². The number of carboxylic acid groups (broad SMARTS) is 1. The number of rotatable bonds is 9.